The zero-order valence-corrected chi connectivity index (χ0v) is 10.6. The lowest BCUT2D eigenvalue weighted by Crippen LogP contribution is -2.23. The highest BCUT2D eigenvalue weighted by Gasteiger charge is 2.07. The highest BCUT2D eigenvalue weighted by molar-refractivity contribution is 5.32. The molecule has 15 heavy (non-hydrogen) atoms. The third-order valence-corrected chi connectivity index (χ3v) is 2.72. The van der Waals surface area contributed by atoms with Crippen LogP contribution in [0.15, 0.2) is 18.2 Å². The van der Waals surface area contributed by atoms with Gasteiger partial charge in [-0.05, 0) is 44.4 Å². The van der Waals surface area contributed by atoms with E-state index in [1.807, 2.05) is 0 Å². The number of rotatable bonds is 4. The molecule has 0 heterocycles. The predicted molar refractivity (Wildman–Crippen MR) is 67.2 cm³/mol. The summed E-state index contributed by atoms with van der Waals surface area (Å²) >= 11 is 0. The Hall–Kier alpha value is -0.820. The van der Waals surface area contributed by atoms with Crippen molar-refractivity contribution in [1.29, 1.82) is 0 Å². The van der Waals surface area contributed by atoms with Crippen LogP contribution in [0.1, 0.15) is 43.5 Å². The molecule has 0 aliphatic heterocycles. The van der Waals surface area contributed by atoms with Gasteiger partial charge in [0.1, 0.15) is 0 Å². The van der Waals surface area contributed by atoms with Crippen LogP contribution in [0.25, 0.3) is 0 Å². The lowest BCUT2D eigenvalue weighted by atomic mass is 10.00. The van der Waals surface area contributed by atoms with Crippen molar-refractivity contribution in [2.24, 2.45) is 5.92 Å². The van der Waals surface area contributed by atoms with Crippen molar-refractivity contribution >= 4 is 0 Å². The summed E-state index contributed by atoms with van der Waals surface area (Å²) in [5.74, 6) is 0.707. The zero-order valence-electron chi connectivity index (χ0n) is 10.6. The lowest BCUT2D eigenvalue weighted by molar-refractivity contribution is 0.495. The Kier molecular flexibility index (Phi) is 4.34. The first-order valence-electron chi connectivity index (χ1n) is 5.81. The Morgan fingerprint density at radius 2 is 1.80 bits per heavy atom. The number of benzene rings is 1. The fourth-order valence-corrected chi connectivity index (χ4v) is 1.83. The largest absolute Gasteiger partial charge is 0.310 e. The van der Waals surface area contributed by atoms with E-state index in [9.17, 15) is 0 Å². The predicted octanol–water partition coefficient (Wildman–Crippen LogP) is 3.61. The molecule has 0 aliphatic rings. The smallest absolute Gasteiger partial charge is 0.0294 e. The molecule has 0 saturated carbocycles. The zero-order chi connectivity index (χ0) is 11.4. The van der Waals surface area contributed by atoms with Crippen molar-refractivity contribution < 1.29 is 0 Å². The van der Waals surface area contributed by atoms with E-state index >= 15 is 0 Å². The molecule has 0 radical (unpaired) electrons. The van der Waals surface area contributed by atoms with Crippen LogP contribution in [0.4, 0.5) is 0 Å². The van der Waals surface area contributed by atoms with Crippen LogP contribution in [0, 0.1) is 19.8 Å². The average Bonchev–Trinajstić information content (AvgIpc) is 2.14. The van der Waals surface area contributed by atoms with Crippen molar-refractivity contribution in [2.45, 2.75) is 40.7 Å². The molecule has 0 bridgehead atoms. The van der Waals surface area contributed by atoms with Crippen molar-refractivity contribution in [3.05, 3.63) is 34.9 Å². The van der Waals surface area contributed by atoms with Crippen LogP contribution in [0.3, 0.4) is 0 Å². The molecule has 0 amide bonds. The van der Waals surface area contributed by atoms with Gasteiger partial charge in [0.15, 0.2) is 0 Å². The van der Waals surface area contributed by atoms with Gasteiger partial charge < -0.3 is 5.32 Å². The number of nitrogens with one attached hydrogen (secondary N) is 1. The summed E-state index contributed by atoms with van der Waals surface area (Å²) in [5.41, 5.74) is 4.15. The van der Waals surface area contributed by atoms with Gasteiger partial charge in [0.05, 0.1) is 0 Å². The molecule has 0 fully saturated rings. The maximum atomic E-state index is 3.56. The topological polar surface area (TPSA) is 12.0 Å². The molecule has 1 N–H and O–H groups in total. The monoisotopic (exact) mass is 205 g/mol. The molecule has 1 aromatic rings. The lowest BCUT2D eigenvalue weighted by Gasteiger charge is -2.18. The minimum Gasteiger partial charge on any atom is -0.310 e. The highest BCUT2D eigenvalue weighted by atomic mass is 14.9. The van der Waals surface area contributed by atoms with Crippen LogP contribution < -0.4 is 5.32 Å². The summed E-state index contributed by atoms with van der Waals surface area (Å²) in [6, 6.07) is 7.13. The van der Waals surface area contributed by atoms with E-state index in [2.05, 4.69) is 58.1 Å². The Balaban J connectivity index is 2.69. The van der Waals surface area contributed by atoms with E-state index in [1.165, 1.54) is 16.7 Å². The highest BCUT2D eigenvalue weighted by Crippen LogP contribution is 2.18. The maximum absolute atomic E-state index is 3.56. The molecule has 0 aromatic heterocycles. The van der Waals surface area contributed by atoms with E-state index in [4.69, 9.17) is 0 Å². The first kappa shape index (κ1) is 12.3. The Labute approximate surface area is 93.9 Å². The van der Waals surface area contributed by atoms with Crippen molar-refractivity contribution in [2.75, 3.05) is 6.54 Å². The standard InChI is InChI=1S/C14H23N/c1-10(2)9-15-13(5)14-7-6-11(3)8-12(14)4/h6-8,10,13,15H,9H2,1-5H3/t13-/m0/s1. The van der Waals surface area contributed by atoms with Crippen molar-refractivity contribution in [3.63, 3.8) is 0 Å². The molecular weight excluding hydrogens is 182 g/mol. The Bertz CT molecular complexity index is 315. The van der Waals surface area contributed by atoms with Gasteiger partial charge in [-0.25, -0.2) is 0 Å². The van der Waals surface area contributed by atoms with Crippen LogP contribution in [-0.2, 0) is 0 Å². The molecule has 1 rings (SSSR count). The molecule has 0 unspecified atom stereocenters. The van der Waals surface area contributed by atoms with Crippen LogP contribution in [0.2, 0.25) is 0 Å². The second kappa shape index (κ2) is 5.32. The van der Waals surface area contributed by atoms with Crippen LogP contribution in [0.5, 0.6) is 0 Å². The molecule has 1 atom stereocenters. The summed E-state index contributed by atoms with van der Waals surface area (Å²) in [5, 5.41) is 3.56. The summed E-state index contributed by atoms with van der Waals surface area (Å²) in [4.78, 5) is 0. The average molecular weight is 205 g/mol. The summed E-state index contributed by atoms with van der Waals surface area (Å²) < 4.78 is 0. The van der Waals surface area contributed by atoms with Gasteiger partial charge in [-0.3, -0.25) is 0 Å². The number of hydrogen-bond donors (Lipinski definition) is 1. The minimum atomic E-state index is 0.452. The van der Waals surface area contributed by atoms with Gasteiger partial charge in [0.2, 0.25) is 0 Å². The van der Waals surface area contributed by atoms with Crippen molar-refractivity contribution in [3.8, 4) is 0 Å². The Morgan fingerprint density at radius 1 is 1.13 bits per heavy atom. The molecule has 0 aliphatic carbocycles. The van der Waals surface area contributed by atoms with Crippen LogP contribution >= 0.6 is 0 Å². The van der Waals surface area contributed by atoms with Gasteiger partial charge in [0, 0.05) is 6.04 Å². The third-order valence-electron chi connectivity index (χ3n) is 2.72. The van der Waals surface area contributed by atoms with E-state index in [0.29, 0.717) is 12.0 Å². The summed E-state index contributed by atoms with van der Waals surface area (Å²) in [7, 11) is 0. The SMILES string of the molecule is Cc1ccc([C@H](C)NCC(C)C)c(C)c1. The summed E-state index contributed by atoms with van der Waals surface area (Å²) in [6.45, 7) is 12.1. The fraction of sp³-hybridized carbons (Fsp3) is 0.571. The first-order valence-corrected chi connectivity index (χ1v) is 5.81. The van der Waals surface area contributed by atoms with E-state index in [-0.39, 0.29) is 0 Å². The van der Waals surface area contributed by atoms with Gasteiger partial charge in [-0.15, -0.1) is 0 Å². The minimum absolute atomic E-state index is 0.452. The van der Waals surface area contributed by atoms with E-state index in [1.54, 1.807) is 0 Å². The van der Waals surface area contributed by atoms with Gasteiger partial charge >= 0.3 is 0 Å². The number of aryl methyl sites for hydroxylation is 2. The fourth-order valence-electron chi connectivity index (χ4n) is 1.83. The quantitative estimate of drug-likeness (QED) is 0.791. The first-order chi connectivity index (χ1) is 7.00. The molecule has 0 spiro atoms. The van der Waals surface area contributed by atoms with Gasteiger partial charge in [0.25, 0.3) is 0 Å². The molecule has 84 valence electrons. The van der Waals surface area contributed by atoms with Crippen molar-refractivity contribution in [1.82, 2.24) is 5.32 Å². The van der Waals surface area contributed by atoms with E-state index < -0.39 is 0 Å². The maximum Gasteiger partial charge on any atom is 0.0294 e. The molecule has 1 aromatic carbocycles. The normalized spacial score (nSPS) is 13.2. The molecule has 0 saturated heterocycles. The van der Waals surface area contributed by atoms with Crippen LogP contribution in [-0.4, -0.2) is 6.54 Å². The number of hydrogen-bond acceptors (Lipinski definition) is 1. The third kappa shape index (κ3) is 3.67. The second-order valence-electron chi connectivity index (χ2n) is 4.88. The molecule has 1 nitrogen and oxygen atoms in total. The van der Waals surface area contributed by atoms with Gasteiger partial charge in [-0.1, -0.05) is 37.6 Å². The second-order valence-corrected chi connectivity index (χ2v) is 4.88. The van der Waals surface area contributed by atoms with E-state index in [0.717, 1.165) is 6.54 Å². The summed E-state index contributed by atoms with van der Waals surface area (Å²) in [6.07, 6.45) is 0. The molecule has 1 heteroatoms. The Morgan fingerprint density at radius 3 is 2.33 bits per heavy atom. The molecular formula is C14H23N. The van der Waals surface area contributed by atoms with Gasteiger partial charge in [-0.2, -0.15) is 0 Å².